The molecule has 1 atom stereocenters. The highest BCUT2D eigenvalue weighted by Crippen LogP contribution is 2.30. The van der Waals surface area contributed by atoms with Crippen molar-refractivity contribution in [2.75, 3.05) is 0 Å². The summed E-state index contributed by atoms with van der Waals surface area (Å²) in [5.74, 6) is 0.154. The fourth-order valence-corrected chi connectivity index (χ4v) is 3.27. The smallest absolute Gasteiger partial charge is 0.227 e. The fourth-order valence-electron chi connectivity index (χ4n) is 2.48. The first-order valence-electron chi connectivity index (χ1n) is 12.4. The van der Waals surface area contributed by atoms with Crippen molar-refractivity contribution in [3.8, 4) is 11.5 Å². The SMILES string of the molecule is CC.CC.CC.CC(C)(O)C1=NOC(N)CC1.Fc1ccc(-c2ncc(Sc3ccc(Cl)cn3)o2)cc1. The molecule has 2 aromatic heterocycles. The molecule has 0 spiro atoms. The molecule has 10 heteroatoms. The maximum Gasteiger partial charge on any atom is 0.227 e. The Kier molecular flexibility index (Phi) is 17.5. The molecule has 3 aromatic rings. The van der Waals surface area contributed by atoms with E-state index in [1.54, 1.807) is 50.5 Å². The molecule has 3 N–H and O–H groups in total. The summed E-state index contributed by atoms with van der Waals surface area (Å²) in [4.78, 5) is 13.1. The lowest BCUT2D eigenvalue weighted by atomic mass is 9.98. The summed E-state index contributed by atoms with van der Waals surface area (Å²) < 4.78 is 18.5. The van der Waals surface area contributed by atoms with Crippen LogP contribution in [-0.2, 0) is 4.84 Å². The molecule has 37 heavy (non-hydrogen) atoms. The molecule has 1 unspecified atom stereocenters. The monoisotopic (exact) mass is 554 g/mol. The van der Waals surface area contributed by atoms with Gasteiger partial charge in [0.1, 0.15) is 16.4 Å². The Morgan fingerprint density at radius 1 is 1.00 bits per heavy atom. The molecule has 0 bridgehead atoms. The molecule has 0 saturated heterocycles. The molecule has 0 fully saturated rings. The summed E-state index contributed by atoms with van der Waals surface area (Å²) in [5, 5.41) is 15.2. The van der Waals surface area contributed by atoms with E-state index >= 15 is 0 Å². The van der Waals surface area contributed by atoms with E-state index in [2.05, 4.69) is 15.1 Å². The van der Waals surface area contributed by atoms with Gasteiger partial charge in [-0.2, -0.15) is 0 Å². The zero-order valence-electron chi connectivity index (χ0n) is 23.0. The van der Waals surface area contributed by atoms with Gasteiger partial charge in [-0.1, -0.05) is 58.3 Å². The van der Waals surface area contributed by atoms with Crippen LogP contribution in [0.5, 0.6) is 0 Å². The minimum Gasteiger partial charge on any atom is -0.429 e. The molecule has 0 amide bonds. The molecule has 1 aromatic carbocycles. The number of hydrogen-bond donors (Lipinski definition) is 2. The van der Waals surface area contributed by atoms with Gasteiger partial charge in [0.15, 0.2) is 11.3 Å². The summed E-state index contributed by atoms with van der Waals surface area (Å²) in [5.41, 5.74) is 5.94. The van der Waals surface area contributed by atoms with E-state index < -0.39 is 5.60 Å². The van der Waals surface area contributed by atoms with Crippen molar-refractivity contribution in [1.29, 1.82) is 0 Å². The number of benzene rings is 1. The van der Waals surface area contributed by atoms with Crippen LogP contribution in [0, 0.1) is 5.82 Å². The van der Waals surface area contributed by atoms with E-state index in [4.69, 9.17) is 26.6 Å². The maximum absolute atomic E-state index is 12.9. The standard InChI is InChI=1S/C14H8ClFN2OS.C7H14N2O2.3C2H6/c15-10-3-6-12(17-7-10)20-13-8-18-14(19-13)9-1-4-11(16)5-2-9;1-7(2,10)5-3-4-6(8)11-9-5;3*1-2/h1-8H;6,10H,3-4,8H2,1-2H3;3*1-2H3. The lowest BCUT2D eigenvalue weighted by Gasteiger charge is -2.24. The molecular formula is C27H40ClFN4O3S. The van der Waals surface area contributed by atoms with Crippen LogP contribution < -0.4 is 5.73 Å². The molecule has 0 radical (unpaired) electrons. The first kappa shape index (κ1) is 34.5. The van der Waals surface area contributed by atoms with E-state index in [0.717, 1.165) is 17.0 Å². The summed E-state index contributed by atoms with van der Waals surface area (Å²) >= 11 is 7.12. The predicted octanol–water partition coefficient (Wildman–Crippen LogP) is 7.97. The maximum atomic E-state index is 12.9. The first-order valence-corrected chi connectivity index (χ1v) is 13.6. The summed E-state index contributed by atoms with van der Waals surface area (Å²) in [6.45, 7) is 15.4. The zero-order valence-corrected chi connectivity index (χ0v) is 24.5. The Labute approximate surface area is 229 Å². The van der Waals surface area contributed by atoms with Crippen LogP contribution in [0.4, 0.5) is 4.39 Å². The largest absolute Gasteiger partial charge is 0.429 e. The van der Waals surface area contributed by atoms with Gasteiger partial charge in [0.2, 0.25) is 5.89 Å². The third-order valence-corrected chi connectivity index (χ3v) is 5.22. The number of aliphatic hydroxyl groups is 1. The number of nitrogens with zero attached hydrogens (tertiary/aromatic N) is 3. The van der Waals surface area contributed by atoms with Crippen molar-refractivity contribution in [3.63, 3.8) is 0 Å². The van der Waals surface area contributed by atoms with E-state index in [1.807, 2.05) is 41.5 Å². The van der Waals surface area contributed by atoms with Crippen LogP contribution in [0.25, 0.3) is 11.5 Å². The van der Waals surface area contributed by atoms with Crippen LogP contribution in [0.15, 0.2) is 68.5 Å². The Hall–Kier alpha value is -2.46. The van der Waals surface area contributed by atoms with Crippen molar-refractivity contribution < 1.29 is 18.8 Å². The van der Waals surface area contributed by atoms with Crippen molar-refractivity contribution in [2.24, 2.45) is 10.9 Å². The minimum atomic E-state index is -0.875. The molecule has 206 valence electrons. The number of nitrogens with two attached hydrogens (primary N) is 1. The average Bonchev–Trinajstić information content (AvgIpc) is 3.38. The Bertz CT molecular complexity index is 1020. The fraction of sp³-hybridized carbons (Fsp3) is 0.444. The Balaban J connectivity index is 0.000000649. The average molecular weight is 555 g/mol. The van der Waals surface area contributed by atoms with Crippen molar-refractivity contribution in [3.05, 3.63) is 59.6 Å². The highest BCUT2D eigenvalue weighted by molar-refractivity contribution is 7.99. The second kappa shape index (κ2) is 18.7. The van der Waals surface area contributed by atoms with Gasteiger partial charge < -0.3 is 14.4 Å². The van der Waals surface area contributed by atoms with Gasteiger partial charge in [-0.25, -0.2) is 14.4 Å². The molecule has 3 heterocycles. The molecule has 1 aliphatic rings. The number of oxazole rings is 1. The van der Waals surface area contributed by atoms with Gasteiger partial charge in [0.05, 0.1) is 16.9 Å². The van der Waals surface area contributed by atoms with Gasteiger partial charge in [0.25, 0.3) is 0 Å². The normalized spacial score (nSPS) is 13.9. The van der Waals surface area contributed by atoms with Crippen LogP contribution in [0.1, 0.15) is 68.2 Å². The summed E-state index contributed by atoms with van der Waals surface area (Å²) in [6, 6.07) is 9.54. The van der Waals surface area contributed by atoms with Crippen LogP contribution in [-0.4, -0.2) is 32.6 Å². The topological polar surface area (TPSA) is 107 Å². The quantitative estimate of drug-likeness (QED) is 0.336. The van der Waals surface area contributed by atoms with E-state index in [-0.39, 0.29) is 12.0 Å². The number of halogens is 2. The third kappa shape index (κ3) is 13.1. The van der Waals surface area contributed by atoms with Gasteiger partial charge in [-0.05, 0) is 68.4 Å². The Morgan fingerprint density at radius 2 is 1.62 bits per heavy atom. The molecule has 1 aliphatic heterocycles. The summed E-state index contributed by atoms with van der Waals surface area (Å²) in [7, 11) is 0. The summed E-state index contributed by atoms with van der Waals surface area (Å²) in [6.07, 6.45) is 4.31. The second-order valence-corrected chi connectivity index (χ2v) is 8.65. The lowest BCUT2D eigenvalue weighted by Crippen LogP contribution is -2.37. The van der Waals surface area contributed by atoms with Crippen LogP contribution in [0.2, 0.25) is 5.02 Å². The first-order chi connectivity index (χ1) is 17.7. The van der Waals surface area contributed by atoms with Gasteiger partial charge >= 0.3 is 0 Å². The molecule has 0 saturated carbocycles. The number of hydrogen-bond acceptors (Lipinski definition) is 8. The Morgan fingerprint density at radius 3 is 2.11 bits per heavy atom. The van der Waals surface area contributed by atoms with Gasteiger partial charge in [-0.15, -0.1) is 0 Å². The highest BCUT2D eigenvalue weighted by atomic mass is 35.5. The van der Waals surface area contributed by atoms with Gasteiger partial charge in [-0.3, -0.25) is 5.73 Å². The van der Waals surface area contributed by atoms with E-state index in [0.29, 0.717) is 28.1 Å². The van der Waals surface area contributed by atoms with Crippen LogP contribution in [0.3, 0.4) is 0 Å². The number of oxime groups is 1. The molecule has 0 aliphatic carbocycles. The van der Waals surface area contributed by atoms with E-state index in [1.165, 1.54) is 23.9 Å². The molecular weight excluding hydrogens is 515 g/mol. The highest BCUT2D eigenvalue weighted by Gasteiger charge is 2.25. The molecule has 4 rings (SSSR count). The number of aromatic nitrogens is 2. The number of rotatable bonds is 4. The minimum absolute atomic E-state index is 0.291. The third-order valence-electron chi connectivity index (χ3n) is 4.15. The number of pyridine rings is 1. The predicted molar refractivity (Wildman–Crippen MR) is 151 cm³/mol. The van der Waals surface area contributed by atoms with Gasteiger partial charge in [0, 0.05) is 18.2 Å². The lowest BCUT2D eigenvalue weighted by molar-refractivity contribution is 0.0370. The second-order valence-electron chi connectivity index (χ2n) is 7.19. The van der Waals surface area contributed by atoms with Crippen LogP contribution >= 0.6 is 23.4 Å². The van der Waals surface area contributed by atoms with Crippen molar-refractivity contribution >= 4 is 29.1 Å². The van der Waals surface area contributed by atoms with Crippen molar-refractivity contribution in [1.82, 2.24) is 9.97 Å². The van der Waals surface area contributed by atoms with Crippen molar-refractivity contribution in [2.45, 2.75) is 90.2 Å². The zero-order chi connectivity index (χ0) is 28.4. The van der Waals surface area contributed by atoms with E-state index in [9.17, 15) is 9.50 Å². The molecule has 7 nitrogen and oxygen atoms in total.